The largest absolute Gasteiger partial charge is 0.416 e. The first kappa shape index (κ1) is 28.0. The summed E-state index contributed by atoms with van der Waals surface area (Å²) >= 11 is 6.36. The first-order chi connectivity index (χ1) is 18.9. The molecule has 1 aliphatic heterocycles. The Morgan fingerprint density at radius 2 is 1.43 bits per heavy atom. The molecular weight excluding hydrogens is 558 g/mol. The van der Waals surface area contributed by atoms with Crippen molar-refractivity contribution in [3.8, 4) is 22.5 Å². The van der Waals surface area contributed by atoms with E-state index >= 15 is 0 Å². The first-order valence-corrected chi connectivity index (χ1v) is 12.8. The van der Waals surface area contributed by atoms with Gasteiger partial charge < -0.3 is 15.0 Å². The first-order valence-electron chi connectivity index (χ1n) is 12.4. The highest BCUT2D eigenvalue weighted by molar-refractivity contribution is 6.33. The van der Waals surface area contributed by atoms with Crippen LogP contribution in [0, 0.1) is 0 Å². The predicted octanol–water partition coefficient (Wildman–Crippen LogP) is 7.71. The third-order valence-electron chi connectivity index (χ3n) is 6.95. The van der Waals surface area contributed by atoms with Crippen LogP contribution in [0.2, 0.25) is 5.02 Å². The zero-order chi connectivity index (χ0) is 28.7. The van der Waals surface area contributed by atoms with Crippen molar-refractivity contribution in [1.29, 1.82) is 0 Å². The molecule has 0 bridgehead atoms. The predicted molar refractivity (Wildman–Crippen MR) is 139 cm³/mol. The number of nitrogens with zero attached hydrogens (tertiary/aromatic N) is 3. The Hall–Kier alpha value is -3.57. The summed E-state index contributed by atoms with van der Waals surface area (Å²) in [5.74, 6) is 1.16. The van der Waals surface area contributed by atoms with Crippen molar-refractivity contribution in [1.82, 2.24) is 15.0 Å². The Bertz CT molecular complexity index is 1400. The fourth-order valence-electron chi connectivity index (χ4n) is 4.80. The van der Waals surface area contributed by atoms with E-state index in [0.29, 0.717) is 70.7 Å². The number of aromatic nitrogens is 3. The number of pyridine rings is 1. The number of halogens is 7. The molecule has 1 fully saturated rings. The second-order valence-electron chi connectivity index (χ2n) is 9.56. The molecule has 0 spiro atoms. The van der Waals surface area contributed by atoms with Crippen LogP contribution in [0.25, 0.3) is 22.5 Å². The molecule has 2 N–H and O–H groups in total. The van der Waals surface area contributed by atoms with Gasteiger partial charge in [0.1, 0.15) is 11.6 Å². The van der Waals surface area contributed by atoms with E-state index in [2.05, 4.69) is 9.97 Å². The molecule has 0 saturated carbocycles. The van der Waals surface area contributed by atoms with Crippen molar-refractivity contribution in [3.63, 3.8) is 0 Å². The quantitative estimate of drug-likeness (QED) is 0.237. The van der Waals surface area contributed by atoms with Gasteiger partial charge in [0.25, 0.3) is 0 Å². The number of rotatable bonds is 5. The van der Waals surface area contributed by atoms with Gasteiger partial charge in [0, 0.05) is 36.3 Å². The fourth-order valence-corrected chi connectivity index (χ4v) is 5.11. The van der Waals surface area contributed by atoms with Crippen LogP contribution in [0.5, 0.6) is 0 Å². The van der Waals surface area contributed by atoms with E-state index in [4.69, 9.17) is 16.6 Å². The van der Waals surface area contributed by atoms with Crippen LogP contribution in [-0.2, 0) is 19.0 Å². The number of alkyl halides is 6. The molecule has 210 valence electrons. The number of anilines is 1. The lowest BCUT2D eigenvalue weighted by atomic mass is 9.96. The second kappa shape index (κ2) is 10.8. The molecule has 3 heterocycles. The van der Waals surface area contributed by atoms with Crippen LogP contribution < -0.4 is 4.90 Å². The smallest absolute Gasteiger partial charge is 0.392 e. The molecule has 0 atom stereocenters. The van der Waals surface area contributed by atoms with Crippen LogP contribution in [0.3, 0.4) is 0 Å². The molecule has 4 aromatic rings. The van der Waals surface area contributed by atoms with Crippen molar-refractivity contribution < 1.29 is 31.4 Å². The number of aromatic amines is 1. The highest BCUT2D eigenvalue weighted by Gasteiger charge is 2.32. The third kappa shape index (κ3) is 5.80. The minimum absolute atomic E-state index is 0.0388. The number of nitrogens with one attached hydrogen (secondary N) is 1. The molecule has 0 radical (unpaired) electrons. The summed E-state index contributed by atoms with van der Waals surface area (Å²) in [7, 11) is 0. The average molecular weight is 581 g/mol. The highest BCUT2D eigenvalue weighted by Crippen LogP contribution is 2.39. The van der Waals surface area contributed by atoms with Crippen molar-refractivity contribution >= 4 is 17.4 Å². The zero-order valence-electron chi connectivity index (χ0n) is 20.8. The summed E-state index contributed by atoms with van der Waals surface area (Å²) in [6.07, 6.45) is -6.13. The van der Waals surface area contributed by atoms with Crippen molar-refractivity contribution in [3.05, 3.63) is 88.3 Å². The number of piperidine rings is 1. The third-order valence-corrected chi connectivity index (χ3v) is 7.23. The monoisotopic (exact) mass is 580 g/mol. The molecule has 1 aliphatic rings. The molecule has 0 aliphatic carbocycles. The molecule has 40 heavy (non-hydrogen) atoms. The molecule has 2 aromatic heterocycles. The number of aliphatic hydroxyl groups excluding tert-OH is 1. The van der Waals surface area contributed by atoms with Gasteiger partial charge in [-0.1, -0.05) is 35.9 Å². The number of aliphatic hydroxyl groups is 1. The van der Waals surface area contributed by atoms with Gasteiger partial charge in [0.05, 0.1) is 34.1 Å². The van der Waals surface area contributed by atoms with Gasteiger partial charge >= 0.3 is 12.4 Å². The number of hydrogen-bond donors (Lipinski definition) is 2. The fraction of sp³-hybridized carbons (Fsp3) is 0.286. The highest BCUT2D eigenvalue weighted by atomic mass is 35.5. The van der Waals surface area contributed by atoms with Gasteiger partial charge in [-0.05, 0) is 48.7 Å². The van der Waals surface area contributed by atoms with Gasteiger partial charge in [-0.25, -0.2) is 9.97 Å². The van der Waals surface area contributed by atoms with E-state index in [1.807, 2.05) is 4.90 Å². The average Bonchev–Trinajstić information content (AvgIpc) is 3.38. The van der Waals surface area contributed by atoms with Crippen molar-refractivity contribution in [2.75, 3.05) is 18.0 Å². The lowest BCUT2D eigenvalue weighted by molar-refractivity contribution is -0.138. The molecule has 5 nitrogen and oxygen atoms in total. The number of hydrogen-bond acceptors (Lipinski definition) is 4. The normalized spacial score (nSPS) is 15.1. The maximum absolute atomic E-state index is 13.1. The maximum Gasteiger partial charge on any atom is 0.416 e. The number of benzene rings is 2. The second-order valence-corrected chi connectivity index (χ2v) is 9.97. The van der Waals surface area contributed by atoms with Crippen LogP contribution in [-0.4, -0.2) is 33.1 Å². The van der Waals surface area contributed by atoms with Gasteiger partial charge in [-0.2, -0.15) is 26.3 Å². The number of H-pyrrole nitrogens is 1. The Morgan fingerprint density at radius 3 is 1.93 bits per heavy atom. The van der Waals surface area contributed by atoms with Crippen LogP contribution in [0.15, 0.2) is 60.8 Å². The lowest BCUT2D eigenvalue weighted by Gasteiger charge is -2.32. The van der Waals surface area contributed by atoms with Gasteiger partial charge in [-0.15, -0.1) is 0 Å². The molecule has 2 aromatic carbocycles. The molecule has 1 saturated heterocycles. The molecule has 0 amide bonds. The van der Waals surface area contributed by atoms with E-state index < -0.39 is 23.5 Å². The van der Waals surface area contributed by atoms with Gasteiger partial charge in [0.15, 0.2) is 0 Å². The summed E-state index contributed by atoms with van der Waals surface area (Å²) in [6.45, 7) is 1.03. The van der Waals surface area contributed by atoms with E-state index in [-0.39, 0.29) is 12.5 Å². The summed E-state index contributed by atoms with van der Waals surface area (Å²) < 4.78 is 78.7. The Balaban J connectivity index is 1.45. The van der Waals surface area contributed by atoms with E-state index in [1.165, 1.54) is 24.3 Å². The SMILES string of the molecule is OCc1cnc(N2CCC(c3nc(-c4ccc(C(F)(F)F)cc4)c(-c4ccc(C(F)(F)F)cc4)[nH]3)CC2)c(Cl)c1. The minimum Gasteiger partial charge on any atom is -0.392 e. The maximum atomic E-state index is 13.1. The van der Waals surface area contributed by atoms with Crippen LogP contribution in [0.1, 0.15) is 41.3 Å². The number of imidazole rings is 1. The summed E-state index contributed by atoms with van der Waals surface area (Å²) in [4.78, 5) is 14.4. The molecule has 0 unspecified atom stereocenters. The van der Waals surface area contributed by atoms with Gasteiger partial charge in [-0.3, -0.25) is 0 Å². The van der Waals surface area contributed by atoms with Crippen LogP contribution in [0.4, 0.5) is 32.2 Å². The van der Waals surface area contributed by atoms with Gasteiger partial charge in [0.2, 0.25) is 0 Å². The summed E-state index contributed by atoms with van der Waals surface area (Å²) in [5.41, 5.74) is 0.603. The Kier molecular flexibility index (Phi) is 7.54. The molecular formula is C28H23ClF6N4O. The summed E-state index contributed by atoms with van der Waals surface area (Å²) in [5, 5.41) is 9.72. The Labute approximate surface area is 230 Å². The molecule has 12 heteroatoms. The minimum atomic E-state index is -4.50. The van der Waals surface area contributed by atoms with Crippen LogP contribution >= 0.6 is 11.6 Å². The topological polar surface area (TPSA) is 65.0 Å². The standard InChI is InChI=1S/C28H23ClF6N4O/c29-22-13-16(15-40)14-36-26(22)39-11-9-19(10-12-39)25-37-23(17-1-5-20(6-2-17)27(30,31)32)24(38-25)18-3-7-21(8-4-18)28(33,34)35/h1-8,13-14,19,40H,9-12,15H2,(H,37,38). The van der Waals surface area contributed by atoms with E-state index in [9.17, 15) is 31.4 Å². The molecule has 5 rings (SSSR count). The van der Waals surface area contributed by atoms with Crippen molar-refractivity contribution in [2.24, 2.45) is 0 Å². The zero-order valence-corrected chi connectivity index (χ0v) is 21.6. The summed E-state index contributed by atoms with van der Waals surface area (Å²) in [6, 6.07) is 10.8. The van der Waals surface area contributed by atoms with Crippen molar-refractivity contribution in [2.45, 2.75) is 37.7 Å². The Morgan fingerprint density at radius 1 is 0.875 bits per heavy atom. The van der Waals surface area contributed by atoms with E-state index in [1.54, 1.807) is 12.3 Å². The van der Waals surface area contributed by atoms with E-state index in [0.717, 1.165) is 24.3 Å². The lowest BCUT2D eigenvalue weighted by Crippen LogP contribution is -2.34.